The summed E-state index contributed by atoms with van der Waals surface area (Å²) < 4.78 is 23.6. The second-order valence-electron chi connectivity index (χ2n) is 5.64. The summed E-state index contributed by atoms with van der Waals surface area (Å²) in [6.07, 6.45) is 4.11. The molecule has 0 aromatic heterocycles. The Morgan fingerprint density at radius 3 is 2.71 bits per heavy atom. The van der Waals surface area contributed by atoms with E-state index in [9.17, 15) is 13.2 Å². The van der Waals surface area contributed by atoms with Crippen LogP contribution in [0.25, 0.3) is 0 Å². The highest BCUT2D eigenvalue weighted by Crippen LogP contribution is 2.22. The zero-order chi connectivity index (χ0) is 15.6. The quantitative estimate of drug-likeness (QED) is 0.914. The average molecular weight is 310 g/mol. The number of carbonyl (C=O) groups excluding carboxylic acids is 1. The molecule has 2 rings (SSSR count). The summed E-state index contributed by atoms with van der Waals surface area (Å²) in [5.41, 5.74) is 6.82. The molecule has 0 aliphatic carbocycles. The van der Waals surface area contributed by atoms with Gasteiger partial charge in [-0.3, -0.25) is 4.79 Å². The summed E-state index contributed by atoms with van der Waals surface area (Å²) in [5, 5.41) is 0. The average Bonchev–Trinajstić information content (AvgIpc) is 2.45. The number of hydrogen-bond donors (Lipinski definition) is 1. The number of amides is 1. The number of rotatable bonds is 3. The molecular weight excluding hydrogens is 288 g/mol. The Bertz CT molecular complexity index is 640. The van der Waals surface area contributed by atoms with Gasteiger partial charge in [-0.15, -0.1) is 0 Å². The minimum atomic E-state index is -3.33. The first-order chi connectivity index (χ1) is 9.84. The fourth-order valence-electron chi connectivity index (χ4n) is 2.81. The molecule has 1 saturated heterocycles. The number of benzene rings is 1. The SMILES string of the molecule is Cc1ccc(C(=O)N2CCCCC2CN)cc1S(C)(=O)=O. The zero-order valence-electron chi connectivity index (χ0n) is 12.5. The minimum Gasteiger partial charge on any atom is -0.334 e. The molecule has 1 fully saturated rings. The first-order valence-electron chi connectivity index (χ1n) is 7.16. The van der Waals surface area contributed by atoms with Gasteiger partial charge >= 0.3 is 0 Å². The Morgan fingerprint density at radius 2 is 2.10 bits per heavy atom. The summed E-state index contributed by atoms with van der Waals surface area (Å²) in [6, 6.07) is 4.91. The van der Waals surface area contributed by atoms with E-state index in [1.807, 2.05) is 0 Å². The second-order valence-corrected chi connectivity index (χ2v) is 7.62. The van der Waals surface area contributed by atoms with Crippen molar-refractivity contribution in [3.63, 3.8) is 0 Å². The molecule has 1 atom stereocenters. The van der Waals surface area contributed by atoms with Gasteiger partial charge in [0.05, 0.1) is 4.90 Å². The Morgan fingerprint density at radius 1 is 1.38 bits per heavy atom. The third kappa shape index (κ3) is 3.44. The molecule has 5 nitrogen and oxygen atoms in total. The Hall–Kier alpha value is -1.40. The molecule has 1 amide bonds. The first kappa shape index (κ1) is 16.0. The fraction of sp³-hybridized carbons (Fsp3) is 0.533. The maximum absolute atomic E-state index is 12.6. The van der Waals surface area contributed by atoms with Gasteiger partial charge in [0, 0.05) is 31.0 Å². The van der Waals surface area contributed by atoms with Crippen LogP contribution >= 0.6 is 0 Å². The van der Waals surface area contributed by atoms with Crippen LogP contribution in [-0.4, -0.2) is 44.6 Å². The van der Waals surface area contributed by atoms with E-state index in [1.54, 1.807) is 24.0 Å². The largest absolute Gasteiger partial charge is 0.334 e. The van der Waals surface area contributed by atoms with Crippen LogP contribution in [0, 0.1) is 6.92 Å². The summed E-state index contributed by atoms with van der Waals surface area (Å²) >= 11 is 0. The van der Waals surface area contributed by atoms with Gasteiger partial charge in [-0.1, -0.05) is 6.07 Å². The lowest BCUT2D eigenvalue weighted by Crippen LogP contribution is -2.47. The Kier molecular flexibility index (Phi) is 4.68. The van der Waals surface area contributed by atoms with Gasteiger partial charge in [0.2, 0.25) is 0 Å². The van der Waals surface area contributed by atoms with Crippen molar-refractivity contribution in [2.75, 3.05) is 19.3 Å². The maximum atomic E-state index is 12.6. The predicted octanol–water partition coefficient (Wildman–Crippen LogP) is 1.35. The molecule has 0 radical (unpaired) electrons. The highest BCUT2D eigenvalue weighted by molar-refractivity contribution is 7.90. The number of nitrogens with two attached hydrogens (primary N) is 1. The Balaban J connectivity index is 2.35. The van der Waals surface area contributed by atoms with E-state index in [0.29, 0.717) is 24.2 Å². The van der Waals surface area contributed by atoms with Crippen molar-refractivity contribution >= 4 is 15.7 Å². The molecule has 1 aliphatic rings. The van der Waals surface area contributed by atoms with Crippen LogP contribution in [0.3, 0.4) is 0 Å². The highest BCUT2D eigenvalue weighted by atomic mass is 32.2. The van der Waals surface area contributed by atoms with Crippen LogP contribution in [0.15, 0.2) is 23.1 Å². The Labute approximate surface area is 126 Å². The zero-order valence-corrected chi connectivity index (χ0v) is 13.3. The van der Waals surface area contributed by atoms with E-state index in [-0.39, 0.29) is 16.8 Å². The van der Waals surface area contributed by atoms with Gasteiger partial charge < -0.3 is 10.6 Å². The lowest BCUT2D eigenvalue weighted by Gasteiger charge is -2.35. The van der Waals surface area contributed by atoms with Crippen molar-refractivity contribution in [3.05, 3.63) is 29.3 Å². The van der Waals surface area contributed by atoms with Crippen molar-refractivity contribution in [2.45, 2.75) is 37.1 Å². The van der Waals surface area contributed by atoms with Crippen molar-refractivity contribution in [2.24, 2.45) is 5.73 Å². The summed E-state index contributed by atoms with van der Waals surface area (Å²) in [6.45, 7) is 2.85. The molecule has 1 aromatic rings. The molecule has 0 saturated carbocycles. The van der Waals surface area contributed by atoms with Gasteiger partial charge in [-0.05, 0) is 43.9 Å². The van der Waals surface area contributed by atoms with Crippen molar-refractivity contribution in [1.29, 1.82) is 0 Å². The van der Waals surface area contributed by atoms with E-state index < -0.39 is 9.84 Å². The van der Waals surface area contributed by atoms with Crippen molar-refractivity contribution < 1.29 is 13.2 Å². The molecule has 21 heavy (non-hydrogen) atoms. The predicted molar refractivity (Wildman–Crippen MR) is 82.0 cm³/mol. The van der Waals surface area contributed by atoms with E-state index in [4.69, 9.17) is 5.73 Å². The molecule has 2 N–H and O–H groups in total. The second kappa shape index (κ2) is 6.15. The van der Waals surface area contributed by atoms with Crippen LogP contribution in [0.2, 0.25) is 0 Å². The first-order valence-corrected chi connectivity index (χ1v) is 9.05. The number of aryl methyl sites for hydroxylation is 1. The summed E-state index contributed by atoms with van der Waals surface area (Å²) in [5.74, 6) is -0.130. The van der Waals surface area contributed by atoms with Crippen LogP contribution in [-0.2, 0) is 9.84 Å². The molecule has 1 aromatic carbocycles. The smallest absolute Gasteiger partial charge is 0.254 e. The number of hydrogen-bond acceptors (Lipinski definition) is 4. The van der Waals surface area contributed by atoms with E-state index in [1.165, 1.54) is 6.07 Å². The normalized spacial score (nSPS) is 19.6. The van der Waals surface area contributed by atoms with E-state index in [2.05, 4.69) is 0 Å². The van der Waals surface area contributed by atoms with Gasteiger partial charge in [-0.25, -0.2) is 8.42 Å². The van der Waals surface area contributed by atoms with Crippen LogP contribution < -0.4 is 5.73 Å². The summed E-state index contributed by atoms with van der Waals surface area (Å²) in [4.78, 5) is 14.6. The van der Waals surface area contributed by atoms with E-state index >= 15 is 0 Å². The molecule has 6 heteroatoms. The topological polar surface area (TPSA) is 80.5 Å². The lowest BCUT2D eigenvalue weighted by molar-refractivity contribution is 0.0623. The summed E-state index contributed by atoms with van der Waals surface area (Å²) in [7, 11) is -3.33. The third-order valence-corrected chi connectivity index (χ3v) is 5.23. The molecule has 1 aliphatic heterocycles. The number of likely N-dealkylation sites (tertiary alicyclic amines) is 1. The van der Waals surface area contributed by atoms with Crippen LogP contribution in [0.5, 0.6) is 0 Å². The van der Waals surface area contributed by atoms with Crippen LogP contribution in [0.1, 0.15) is 35.2 Å². The monoisotopic (exact) mass is 310 g/mol. The molecule has 0 spiro atoms. The van der Waals surface area contributed by atoms with Gasteiger partial charge in [-0.2, -0.15) is 0 Å². The van der Waals surface area contributed by atoms with Crippen molar-refractivity contribution in [1.82, 2.24) is 4.90 Å². The molecule has 1 unspecified atom stereocenters. The highest BCUT2D eigenvalue weighted by Gasteiger charge is 2.27. The van der Waals surface area contributed by atoms with Gasteiger partial charge in [0.25, 0.3) is 5.91 Å². The van der Waals surface area contributed by atoms with Gasteiger partial charge in [0.15, 0.2) is 9.84 Å². The van der Waals surface area contributed by atoms with Gasteiger partial charge in [0.1, 0.15) is 0 Å². The number of piperidine rings is 1. The number of nitrogens with zero attached hydrogens (tertiary/aromatic N) is 1. The number of sulfone groups is 1. The standard InChI is InChI=1S/C15H22N2O3S/c1-11-6-7-12(9-14(11)21(2,19)20)15(18)17-8-4-3-5-13(17)10-16/h6-7,9,13H,3-5,8,10,16H2,1-2H3. The van der Waals surface area contributed by atoms with Crippen LogP contribution in [0.4, 0.5) is 0 Å². The minimum absolute atomic E-state index is 0.0502. The van der Waals surface area contributed by atoms with E-state index in [0.717, 1.165) is 25.5 Å². The van der Waals surface area contributed by atoms with Crippen molar-refractivity contribution in [3.8, 4) is 0 Å². The molecule has 1 heterocycles. The molecule has 0 bridgehead atoms. The lowest BCUT2D eigenvalue weighted by atomic mass is 10.0. The third-order valence-electron chi connectivity index (χ3n) is 3.99. The number of carbonyl (C=O) groups is 1. The molecule has 116 valence electrons. The molecular formula is C15H22N2O3S. The maximum Gasteiger partial charge on any atom is 0.254 e. The fourth-order valence-corrected chi connectivity index (χ4v) is 3.81.